The minimum atomic E-state index is -2.47. The van der Waals surface area contributed by atoms with Gasteiger partial charge in [-0.25, -0.2) is 8.78 Å². The molecule has 1 aromatic rings. The zero-order valence-electron chi connectivity index (χ0n) is 7.91. The molecular formula is C11H12F2O. The Morgan fingerprint density at radius 1 is 1.29 bits per heavy atom. The van der Waals surface area contributed by atoms with E-state index in [1.165, 1.54) is 6.07 Å². The maximum Gasteiger partial charge on any atom is 0.264 e. The van der Waals surface area contributed by atoms with E-state index in [0.29, 0.717) is 5.56 Å². The molecule has 1 unspecified atom stereocenters. The van der Waals surface area contributed by atoms with Crippen molar-refractivity contribution in [2.24, 2.45) is 0 Å². The Bertz CT molecular complexity index is 310. The second-order valence-corrected chi connectivity index (χ2v) is 3.23. The molecule has 0 bridgehead atoms. The highest BCUT2D eigenvalue weighted by Crippen LogP contribution is 2.29. The Kier molecular flexibility index (Phi) is 3.74. The molecule has 3 heteroatoms. The smallest absolute Gasteiger partial charge is 0.264 e. The number of benzene rings is 1. The number of carbonyl (C=O) groups is 1. The molecule has 0 radical (unpaired) electrons. The lowest BCUT2D eigenvalue weighted by Gasteiger charge is -2.13. The molecular weight excluding hydrogens is 186 g/mol. The number of hydrogen-bond acceptors (Lipinski definition) is 1. The quantitative estimate of drug-likeness (QED) is 0.678. The van der Waals surface area contributed by atoms with Crippen molar-refractivity contribution in [3.05, 3.63) is 35.4 Å². The summed E-state index contributed by atoms with van der Waals surface area (Å²) in [6, 6.07) is 6.35. The van der Waals surface area contributed by atoms with Crippen LogP contribution in [0.3, 0.4) is 0 Å². The predicted molar refractivity (Wildman–Crippen MR) is 50.5 cm³/mol. The Balaban J connectivity index is 2.99. The molecule has 0 aliphatic heterocycles. The molecule has 76 valence electrons. The summed E-state index contributed by atoms with van der Waals surface area (Å²) in [7, 11) is 0. The van der Waals surface area contributed by atoms with Crippen molar-refractivity contribution < 1.29 is 13.6 Å². The molecule has 0 aliphatic carbocycles. The molecule has 0 spiro atoms. The van der Waals surface area contributed by atoms with Crippen LogP contribution in [0.4, 0.5) is 8.78 Å². The van der Waals surface area contributed by atoms with E-state index in [1.54, 1.807) is 25.1 Å². The number of carbonyl (C=O) groups excluding carboxylic acids is 1. The van der Waals surface area contributed by atoms with Crippen molar-refractivity contribution in [2.75, 3.05) is 0 Å². The molecule has 1 aromatic carbocycles. The van der Waals surface area contributed by atoms with E-state index in [9.17, 15) is 13.6 Å². The standard InChI is InChI=1S/C11H12F2O/c1-8(6-7-14)9-4-2-3-5-10(9)11(12)13/h2-5,7-8,11H,6H2,1H3. The van der Waals surface area contributed by atoms with Crippen LogP contribution in [0.5, 0.6) is 0 Å². The first kappa shape index (κ1) is 10.8. The highest BCUT2D eigenvalue weighted by atomic mass is 19.3. The SMILES string of the molecule is CC(CC=O)c1ccccc1C(F)F. The molecule has 0 fully saturated rings. The van der Waals surface area contributed by atoms with Crippen molar-refractivity contribution in [1.29, 1.82) is 0 Å². The van der Waals surface area contributed by atoms with Crippen molar-refractivity contribution in [2.45, 2.75) is 25.7 Å². The summed E-state index contributed by atoms with van der Waals surface area (Å²) >= 11 is 0. The summed E-state index contributed by atoms with van der Waals surface area (Å²) in [6.07, 6.45) is -1.43. The van der Waals surface area contributed by atoms with Gasteiger partial charge in [0.25, 0.3) is 6.43 Å². The van der Waals surface area contributed by atoms with E-state index in [4.69, 9.17) is 0 Å². The van der Waals surface area contributed by atoms with Crippen LogP contribution in [-0.2, 0) is 4.79 Å². The van der Waals surface area contributed by atoms with Gasteiger partial charge in [-0.05, 0) is 11.5 Å². The van der Waals surface area contributed by atoms with Gasteiger partial charge in [0.15, 0.2) is 0 Å². The average Bonchev–Trinajstić information content (AvgIpc) is 2.18. The normalized spacial score (nSPS) is 12.9. The summed E-state index contributed by atoms with van der Waals surface area (Å²) in [4.78, 5) is 10.3. The third-order valence-corrected chi connectivity index (χ3v) is 2.21. The van der Waals surface area contributed by atoms with Crippen LogP contribution in [-0.4, -0.2) is 6.29 Å². The summed E-state index contributed by atoms with van der Waals surface area (Å²) < 4.78 is 25.1. The number of halogens is 2. The van der Waals surface area contributed by atoms with Crippen molar-refractivity contribution in [3.63, 3.8) is 0 Å². The van der Waals surface area contributed by atoms with E-state index in [1.807, 2.05) is 0 Å². The van der Waals surface area contributed by atoms with Gasteiger partial charge in [0.2, 0.25) is 0 Å². The molecule has 1 atom stereocenters. The number of alkyl halides is 2. The first-order valence-corrected chi connectivity index (χ1v) is 4.47. The van der Waals surface area contributed by atoms with Crippen molar-refractivity contribution in [1.82, 2.24) is 0 Å². The van der Waals surface area contributed by atoms with E-state index in [0.717, 1.165) is 6.29 Å². The van der Waals surface area contributed by atoms with E-state index >= 15 is 0 Å². The fraction of sp³-hybridized carbons (Fsp3) is 0.364. The first-order valence-electron chi connectivity index (χ1n) is 4.47. The monoisotopic (exact) mass is 198 g/mol. The van der Waals surface area contributed by atoms with Crippen molar-refractivity contribution >= 4 is 6.29 Å². The van der Waals surface area contributed by atoms with E-state index in [-0.39, 0.29) is 17.9 Å². The maximum atomic E-state index is 12.5. The minimum Gasteiger partial charge on any atom is -0.303 e. The van der Waals surface area contributed by atoms with Crippen LogP contribution < -0.4 is 0 Å². The molecule has 0 aromatic heterocycles. The number of rotatable bonds is 4. The Labute approximate surface area is 81.7 Å². The summed E-state index contributed by atoms with van der Waals surface area (Å²) in [5.41, 5.74) is 0.594. The van der Waals surface area contributed by atoms with Gasteiger partial charge in [-0.1, -0.05) is 31.2 Å². The third-order valence-electron chi connectivity index (χ3n) is 2.21. The Morgan fingerprint density at radius 2 is 1.86 bits per heavy atom. The molecule has 0 amide bonds. The van der Waals surface area contributed by atoms with Gasteiger partial charge in [-0.2, -0.15) is 0 Å². The summed E-state index contributed by atoms with van der Waals surface area (Å²) in [5.74, 6) is -0.141. The van der Waals surface area contributed by atoms with Crippen molar-refractivity contribution in [3.8, 4) is 0 Å². The molecule has 1 rings (SSSR count). The zero-order valence-corrected chi connectivity index (χ0v) is 7.91. The van der Waals surface area contributed by atoms with Gasteiger partial charge in [-0.3, -0.25) is 0 Å². The molecule has 0 saturated carbocycles. The second-order valence-electron chi connectivity index (χ2n) is 3.23. The first-order chi connectivity index (χ1) is 6.66. The largest absolute Gasteiger partial charge is 0.303 e. The van der Waals surface area contributed by atoms with Crippen LogP contribution in [0.25, 0.3) is 0 Å². The molecule has 1 nitrogen and oxygen atoms in total. The molecule has 0 N–H and O–H groups in total. The van der Waals surface area contributed by atoms with Crippen LogP contribution in [0.1, 0.15) is 36.8 Å². The summed E-state index contributed by atoms with van der Waals surface area (Å²) in [6.45, 7) is 1.77. The maximum absolute atomic E-state index is 12.5. The van der Waals surface area contributed by atoms with Gasteiger partial charge in [0.1, 0.15) is 6.29 Å². The molecule has 14 heavy (non-hydrogen) atoms. The van der Waals surface area contributed by atoms with E-state index < -0.39 is 6.43 Å². The second kappa shape index (κ2) is 4.84. The topological polar surface area (TPSA) is 17.1 Å². The molecule has 0 aliphatic rings. The van der Waals surface area contributed by atoms with Crippen LogP contribution >= 0.6 is 0 Å². The lowest BCUT2D eigenvalue weighted by atomic mass is 9.94. The van der Waals surface area contributed by atoms with Gasteiger partial charge < -0.3 is 4.79 Å². The van der Waals surface area contributed by atoms with Crippen LogP contribution in [0.2, 0.25) is 0 Å². The lowest BCUT2D eigenvalue weighted by molar-refractivity contribution is -0.108. The number of hydrogen-bond donors (Lipinski definition) is 0. The fourth-order valence-electron chi connectivity index (χ4n) is 1.43. The summed E-state index contributed by atoms with van der Waals surface area (Å²) in [5, 5.41) is 0. The van der Waals surface area contributed by atoms with Gasteiger partial charge in [0, 0.05) is 12.0 Å². The van der Waals surface area contributed by atoms with Gasteiger partial charge >= 0.3 is 0 Å². The third kappa shape index (κ3) is 2.37. The van der Waals surface area contributed by atoms with Crippen LogP contribution in [0, 0.1) is 0 Å². The minimum absolute atomic E-state index is 0.0295. The Morgan fingerprint density at radius 3 is 2.36 bits per heavy atom. The van der Waals surface area contributed by atoms with E-state index in [2.05, 4.69) is 0 Å². The average molecular weight is 198 g/mol. The highest BCUT2D eigenvalue weighted by molar-refractivity contribution is 5.52. The molecule has 0 heterocycles. The van der Waals surface area contributed by atoms with Gasteiger partial charge in [0.05, 0.1) is 0 Å². The molecule has 0 saturated heterocycles. The predicted octanol–water partition coefficient (Wildman–Crippen LogP) is 3.32. The van der Waals surface area contributed by atoms with Gasteiger partial charge in [-0.15, -0.1) is 0 Å². The number of aldehydes is 1. The zero-order chi connectivity index (χ0) is 10.6. The Hall–Kier alpha value is -1.25. The highest BCUT2D eigenvalue weighted by Gasteiger charge is 2.15. The fourth-order valence-corrected chi connectivity index (χ4v) is 1.43. The lowest BCUT2D eigenvalue weighted by Crippen LogP contribution is -2.00. The van der Waals surface area contributed by atoms with Crippen LogP contribution in [0.15, 0.2) is 24.3 Å².